The standard InChI is InChI=1S/C16H18N2O/c1-2-12-8-10-14(11-9-12)18-15(16(17)19)13-6-4-3-5-7-13/h3-11,15,18H,2H2,1H3,(H2,17,19). The van der Waals surface area contributed by atoms with Crippen LogP contribution in [-0.2, 0) is 11.2 Å². The Morgan fingerprint density at radius 3 is 2.26 bits per heavy atom. The Kier molecular flexibility index (Phi) is 4.18. The number of amides is 1. The van der Waals surface area contributed by atoms with Crippen LogP contribution < -0.4 is 11.1 Å². The molecule has 1 amide bonds. The van der Waals surface area contributed by atoms with Crippen LogP contribution >= 0.6 is 0 Å². The van der Waals surface area contributed by atoms with Crippen LogP contribution in [-0.4, -0.2) is 5.91 Å². The van der Waals surface area contributed by atoms with Crippen LogP contribution in [0.3, 0.4) is 0 Å². The molecule has 0 saturated carbocycles. The summed E-state index contributed by atoms with van der Waals surface area (Å²) in [6.45, 7) is 2.11. The third-order valence-corrected chi connectivity index (χ3v) is 3.09. The molecule has 1 unspecified atom stereocenters. The van der Waals surface area contributed by atoms with Gasteiger partial charge in [-0.05, 0) is 29.7 Å². The molecule has 0 saturated heterocycles. The van der Waals surface area contributed by atoms with E-state index in [1.165, 1.54) is 5.56 Å². The highest BCUT2D eigenvalue weighted by atomic mass is 16.1. The van der Waals surface area contributed by atoms with E-state index >= 15 is 0 Å². The lowest BCUT2D eigenvalue weighted by molar-refractivity contribution is -0.118. The van der Waals surface area contributed by atoms with Crippen LogP contribution in [0.15, 0.2) is 54.6 Å². The fourth-order valence-electron chi connectivity index (χ4n) is 1.97. The quantitative estimate of drug-likeness (QED) is 0.862. The second-order valence-electron chi connectivity index (χ2n) is 4.44. The van der Waals surface area contributed by atoms with Crippen LogP contribution in [0.25, 0.3) is 0 Å². The zero-order valence-corrected chi connectivity index (χ0v) is 11.0. The lowest BCUT2D eigenvalue weighted by Gasteiger charge is -2.17. The Morgan fingerprint density at radius 1 is 1.11 bits per heavy atom. The van der Waals surface area contributed by atoms with Crippen molar-refractivity contribution in [3.63, 3.8) is 0 Å². The molecule has 0 aliphatic carbocycles. The van der Waals surface area contributed by atoms with E-state index in [4.69, 9.17) is 5.73 Å². The minimum Gasteiger partial charge on any atom is -0.370 e. The fourth-order valence-corrected chi connectivity index (χ4v) is 1.97. The average Bonchev–Trinajstić information content (AvgIpc) is 2.46. The molecule has 0 aliphatic heterocycles. The summed E-state index contributed by atoms with van der Waals surface area (Å²) in [5, 5.41) is 3.17. The first-order valence-corrected chi connectivity index (χ1v) is 6.40. The number of primary amides is 1. The van der Waals surface area contributed by atoms with E-state index in [0.29, 0.717) is 0 Å². The van der Waals surface area contributed by atoms with E-state index in [1.54, 1.807) is 0 Å². The number of rotatable bonds is 5. The SMILES string of the molecule is CCc1ccc(NC(C(N)=O)c2ccccc2)cc1. The first-order chi connectivity index (χ1) is 9.20. The van der Waals surface area contributed by atoms with Gasteiger partial charge in [0.25, 0.3) is 0 Å². The minimum absolute atomic E-state index is 0.384. The lowest BCUT2D eigenvalue weighted by atomic mass is 10.1. The zero-order valence-electron chi connectivity index (χ0n) is 11.0. The van der Waals surface area contributed by atoms with E-state index < -0.39 is 6.04 Å². The van der Waals surface area contributed by atoms with Gasteiger partial charge in [-0.3, -0.25) is 4.79 Å². The smallest absolute Gasteiger partial charge is 0.244 e. The molecule has 19 heavy (non-hydrogen) atoms. The Balaban J connectivity index is 2.19. The first kappa shape index (κ1) is 13.1. The average molecular weight is 254 g/mol. The molecule has 0 aliphatic rings. The molecule has 2 aromatic carbocycles. The van der Waals surface area contributed by atoms with Gasteiger partial charge in [-0.1, -0.05) is 49.4 Å². The summed E-state index contributed by atoms with van der Waals surface area (Å²) in [4.78, 5) is 11.6. The van der Waals surface area contributed by atoms with Crippen molar-refractivity contribution in [1.29, 1.82) is 0 Å². The van der Waals surface area contributed by atoms with Gasteiger partial charge in [0, 0.05) is 5.69 Å². The van der Waals surface area contributed by atoms with Crippen molar-refractivity contribution in [3.05, 3.63) is 65.7 Å². The van der Waals surface area contributed by atoms with Gasteiger partial charge in [0.15, 0.2) is 0 Å². The van der Waals surface area contributed by atoms with Crippen molar-refractivity contribution in [2.24, 2.45) is 5.73 Å². The summed E-state index contributed by atoms with van der Waals surface area (Å²) in [7, 11) is 0. The van der Waals surface area contributed by atoms with Crippen molar-refractivity contribution in [2.75, 3.05) is 5.32 Å². The van der Waals surface area contributed by atoms with Gasteiger partial charge in [-0.15, -0.1) is 0 Å². The molecular formula is C16H18N2O. The van der Waals surface area contributed by atoms with Crippen LogP contribution in [0.5, 0.6) is 0 Å². The number of aryl methyl sites for hydroxylation is 1. The third kappa shape index (κ3) is 3.35. The number of carbonyl (C=O) groups is 1. The largest absolute Gasteiger partial charge is 0.370 e. The number of nitrogens with two attached hydrogens (primary N) is 1. The Hall–Kier alpha value is -2.29. The second kappa shape index (κ2) is 6.05. The van der Waals surface area contributed by atoms with E-state index in [9.17, 15) is 4.79 Å². The van der Waals surface area contributed by atoms with Crippen molar-refractivity contribution < 1.29 is 4.79 Å². The Bertz CT molecular complexity index is 534. The number of hydrogen-bond donors (Lipinski definition) is 2. The number of nitrogens with one attached hydrogen (secondary N) is 1. The molecule has 0 radical (unpaired) electrons. The molecule has 0 heterocycles. The minimum atomic E-state index is -0.506. The number of benzene rings is 2. The maximum absolute atomic E-state index is 11.6. The number of carbonyl (C=O) groups excluding carboxylic acids is 1. The van der Waals surface area contributed by atoms with Crippen molar-refractivity contribution in [1.82, 2.24) is 0 Å². The lowest BCUT2D eigenvalue weighted by Crippen LogP contribution is -2.27. The fraction of sp³-hybridized carbons (Fsp3) is 0.188. The summed E-state index contributed by atoms with van der Waals surface area (Å²) in [6.07, 6.45) is 0.998. The molecular weight excluding hydrogens is 236 g/mol. The first-order valence-electron chi connectivity index (χ1n) is 6.40. The van der Waals surface area contributed by atoms with Gasteiger partial charge in [0.05, 0.1) is 0 Å². The van der Waals surface area contributed by atoms with Gasteiger partial charge in [-0.25, -0.2) is 0 Å². The predicted octanol–water partition coefficient (Wildman–Crippen LogP) is 2.89. The summed E-state index contributed by atoms with van der Waals surface area (Å²) in [5.74, 6) is -0.384. The number of anilines is 1. The van der Waals surface area contributed by atoms with Crippen molar-refractivity contribution >= 4 is 11.6 Å². The summed E-state index contributed by atoms with van der Waals surface area (Å²) < 4.78 is 0. The van der Waals surface area contributed by atoms with Gasteiger partial charge in [0.2, 0.25) is 5.91 Å². The monoisotopic (exact) mass is 254 g/mol. The van der Waals surface area contributed by atoms with Crippen LogP contribution in [0.2, 0.25) is 0 Å². The van der Waals surface area contributed by atoms with E-state index in [-0.39, 0.29) is 5.91 Å². The Morgan fingerprint density at radius 2 is 1.74 bits per heavy atom. The number of hydrogen-bond acceptors (Lipinski definition) is 2. The summed E-state index contributed by atoms with van der Waals surface area (Å²) >= 11 is 0. The maximum Gasteiger partial charge on any atom is 0.244 e. The molecule has 0 fully saturated rings. The molecule has 2 aromatic rings. The van der Waals surface area contributed by atoms with Gasteiger partial charge >= 0.3 is 0 Å². The van der Waals surface area contributed by atoms with Crippen LogP contribution in [0, 0.1) is 0 Å². The van der Waals surface area contributed by atoms with Crippen molar-refractivity contribution in [2.45, 2.75) is 19.4 Å². The highest BCUT2D eigenvalue weighted by Gasteiger charge is 2.16. The molecule has 2 rings (SSSR count). The molecule has 1 atom stereocenters. The van der Waals surface area contributed by atoms with Crippen molar-refractivity contribution in [3.8, 4) is 0 Å². The van der Waals surface area contributed by atoms with Gasteiger partial charge in [0.1, 0.15) is 6.04 Å². The van der Waals surface area contributed by atoms with Crippen LogP contribution in [0.1, 0.15) is 24.1 Å². The van der Waals surface area contributed by atoms with Gasteiger partial charge < -0.3 is 11.1 Å². The topological polar surface area (TPSA) is 55.1 Å². The second-order valence-corrected chi connectivity index (χ2v) is 4.44. The molecule has 98 valence electrons. The maximum atomic E-state index is 11.6. The summed E-state index contributed by atoms with van der Waals surface area (Å²) in [5.41, 5.74) is 8.50. The van der Waals surface area contributed by atoms with E-state index in [0.717, 1.165) is 17.7 Å². The zero-order chi connectivity index (χ0) is 13.7. The predicted molar refractivity (Wildman–Crippen MR) is 77.8 cm³/mol. The van der Waals surface area contributed by atoms with E-state index in [2.05, 4.69) is 12.2 Å². The molecule has 0 spiro atoms. The van der Waals surface area contributed by atoms with E-state index in [1.807, 2.05) is 54.6 Å². The third-order valence-electron chi connectivity index (χ3n) is 3.09. The highest BCUT2D eigenvalue weighted by Crippen LogP contribution is 2.19. The molecule has 0 bridgehead atoms. The van der Waals surface area contributed by atoms with Crippen LogP contribution in [0.4, 0.5) is 5.69 Å². The highest BCUT2D eigenvalue weighted by molar-refractivity contribution is 5.84. The molecule has 3 heteroatoms. The summed E-state index contributed by atoms with van der Waals surface area (Å²) in [6, 6.07) is 17.0. The molecule has 3 N–H and O–H groups in total. The van der Waals surface area contributed by atoms with Gasteiger partial charge in [-0.2, -0.15) is 0 Å². The Labute approximate surface area is 113 Å². The molecule has 3 nitrogen and oxygen atoms in total. The molecule has 0 aromatic heterocycles. The normalized spacial score (nSPS) is 11.8.